The zero-order chi connectivity index (χ0) is 20.0. The molecule has 2 rings (SSSR count). The number of aliphatic hydroxyl groups is 1. The first-order valence-corrected chi connectivity index (χ1v) is 9.76. The van der Waals surface area contributed by atoms with Gasteiger partial charge in [-0.3, -0.25) is 0 Å². The lowest BCUT2D eigenvalue weighted by molar-refractivity contribution is 0.0697. The highest BCUT2D eigenvalue weighted by Crippen LogP contribution is 2.31. The Hall–Kier alpha value is -2.33. The van der Waals surface area contributed by atoms with Crippen LogP contribution in [0.2, 0.25) is 0 Å². The highest BCUT2D eigenvalue weighted by molar-refractivity contribution is 5.87. The fraction of sp³-hybridized carbons (Fsp3) is 0.435. The Morgan fingerprint density at radius 1 is 1.04 bits per heavy atom. The van der Waals surface area contributed by atoms with E-state index in [-0.39, 0.29) is 5.56 Å². The molecular formula is C23H31NO3. The molecule has 27 heavy (non-hydrogen) atoms. The molecule has 146 valence electrons. The van der Waals surface area contributed by atoms with Gasteiger partial charge in [0.25, 0.3) is 0 Å². The predicted molar refractivity (Wildman–Crippen MR) is 111 cm³/mol. The average Bonchev–Trinajstić information content (AvgIpc) is 2.67. The number of benzene rings is 2. The molecule has 2 aromatic rings. The van der Waals surface area contributed by atoms with E-state index in [1.807, 2.05) is 18.2 Å². The number of aromatic carboxylic acids is 1. The van der Waals surface area contributed by atoms with Crippen molar-refractivity contribution in [3.63, 3.8) is 0 Å². The molecule has 0 fully saturated rings. The van der Waals surface area contributed by atoms with E-state index in [2.05, 4.69) is 44.7 Å². The number of nitrogens with zero attached hydrogens (tertiary/aromatic N) is 1. The normalized spacial score (nSPS) is 12.2. The third-order valence-electron chi connectivity index (χ3n) is 5.07. The molecule has 0 aliphatic rings. The third kappa shape index (κ3) is 5.33. The number of anilines is 1. The highest BCUT2D eigenvalue weighted by Gasteiger charge is 2.15. The van der Waals surface area contributed by atoms with E-state index < -0.39 is 12.1 Å². The zero-order valence-corrected chi connectivity index (χ0v) is 16.8. The summed E-state index contributed by atoms with van der Waals surface area (Å²) < 4.78 is 0. The average molecular weight is 370 g/mol. The number of aliphatic hydroxyl groups excluding tert-OH is 1. The van der Waals surface area contributed by atoms with Crippen molar-refractivity contribution in [2.75, 3.05) is 18.0 Å². The lowest BCUT2D eigenvalue weighted by Crippen LogP contribution is -2.23. The van der Waals surface area contributed by atoms with Gasteiger partial charge in [0, 0.05) is 18.8 Å². The van der Waals surface area contributed by atoms with E-state index in [0.29, 0.717) is 18.8 Å². The van der Waals surface area contributed by atoms with Gasteiger partial charge in [-0.2, -0.15) is 0 Å². The Morgan fingerprint density at radius 3 is 2.19 bits per heavy atom. The molecule has 0 aliphatic heterocycles. The van der Waals surface area contributed by atoms with Gasteiger partial charge in [-0.15, -0.1) is 0 Å². The van der Waals surface area contributed by atoms with Gasteiger partial charge in [-0.25, -0.2) is 4.79 Å². The SMILES string of the molecule is CCN(CC)c1ccc(C(O)CCc2ccc(C(=O)O)cc2)cc1C(C)C. The van der Waals surface area contributed by atoms with Gasteiger partial charge >= 0.3 is 5.97 Å². The van der Waals surface area contributed by atoms with Crippen LogP contribution in [0.5, 0.6) is 0 Å². The van der Waals surface area contributed by atoms with Crippen molar-refractivity contribution in [1.29, 1.82) is 0 Å². The Bertz CT molecular complexity index is 749. The Kier molecular flexibility index (Phi) is 7.43. The molecule has 1 atom stereocenters. The van der Waals surface area contributed by atoms with Gasteiger partial charge in [0.15, 0.2) is 0 Å². The molecule has 1 unspecified atom stereocenters. The summed E-state index contributed by atoms with van der Waals surface area (Å²) in [6, 6.07) is 13.1. The van der Waals surface area contributed by atoms with Gasteiger partial charge in [0.2, 0.25) is 0 Å². The molecule has 0 saturated heterocycles. The second-order valence-corrected chi connectivity index (χ2v) is 7.20. The van der Waals surface area contributed by atoms with Gasteiger partial charge in [0.1, 0.15) is 0 Å². The van der Waals surface area contributed by atoms with Crippen molar-refractivity contribution in [1.82, 2.24) is 0 Å². The molecule has 0 bridgehead atoms. The summed E-state index contributed by atoms with van der Waals surface area (Å²) in [7, 11) is 0. The Balaban J connectivity index is 2.12. The summed E-state index contributed by atoms with van der Waals surface area (Å²) in [5.41, 5.74) is 4.77. The highest BCUT2D eigenvalue weighted by atomic mass is 16.4. The first kappa shape index (κ1) is 21.0. The van der Waals surface area contributed by atoms with Crippen LogP contribution in [0.3, 0.4) is 0 Å². The molecule has 0 heterocycles. The van der Waals surface area contributed by atoms with Gasteiger partial charge in [-0.05, 0) is 67.5 Å². The smallest absolute Gasteiger partial charge is 0.335 e. The maximum absolute atomic E-state index is 10.9. The lowest BCUT2D eigenvalue weighted by Gasteiger charge is -2.27. The van der Waals surface area contributed by atoms with E-state index >= 15 is 0 Å². The van der Waals surface area contributed by atoms with Crippen LogP contribution in [-0.2, 0) is 6.42 Å². The molecule has 4 heteroatoms. The maximum atomic E-state index is 10.9. The molecule has 4 nitrogen and oxygen atoms in total. The Morgan fingerprint density at radius 2 is 1.67 bits per heavy atom. The largest absolute Gasteiger partial charge is 0.478 e. The number of carboxylic acid groups (broad SMARTS) is 1. The molecule has 2 aromatic carbocycles. The maximum Gasteiger partial charge on any atom is 0.335 e. The molecule has 2 N–H and O–H groups in total. The molecule has 0 saturated carbocycles. The van der Waals surface area contributed by atoms with Crippen LogP contribution in [-0.4, -0.2) is 29.3 Å². The third-order valence-corrected chi connectivity index (χ3v) is 5.07. The van der Waals surface area contributed by atoms with Crippen molar-refractivity contribution in [2.24, 2.45) is 0 Å². The minimum atomic E-state index is -0.920. The quantitative estimate of drug-likeness (QED) is 0.651. The number of aryl methyl sites for hydroxylation is 1. The fourth-order valence-electron chi connectivity index (χ4n) is 3.38. The molecule has 0 amide bonds. The van der Waals surface area contributed by atoms with E-state index in [1.54, 1.807) is 12.1 Å². The van der Waals surface area contributed by atoms with Gasteiger partial charge in [-0.1, -0.05) is 38.1 Å². The van der Waals surface area contributed by atoms with E-state index in [1.165, 1.54) is 11.3 Å². The van der Waals surface area contributed by atoms with Crippen molar-refractivity contribution in [3.05, 3.63) is 64.7 Å². The number of carbonyl (C=O) groups is 1. The minimum Gasteiger partial charge on any atom is -0.478 e. The molecule has 0 radical (unpaired) electrons. The van der Waals surface area contributed by atoms with Crippen LogP contribution in [0.1, 0.15) is 73.2 Å². The number of hydrogen-bond acceptors (Lipinski definition) is 3. The molecule has 0 spiro atoms. The first-order valence-electron chi connectivity index (χ1n) is 9.76. The number of rotatable bonds is 9. The second kappa shape index (κ2) is 9.56. The van der Waals surface area contributed by atoms with Crippen LogP contribution in [0.15, 0.2) is 42.5 Å². The van der Waals surface area contributed by atoms with E-state index in [4.69, 9.17) is 5.11 Å². The van der Waals surface area contributed by atoms with Crippen LogP contribution in [0.4, 0.5) is 5.69 Å². The van der Waals surface area contributed by atoms with Crippen LogP contribution >= 0.6 is 0 Å². The van der Waals surface area contributed by atoms with Gasteiger partial charge < -0.3 is 15.1 Å². The van der Waals surface area contributed by atoms with E-state index in [9.17, 15) is 9.90 Å². The standard InChI is InChI=1S/C23H31NO3/c1-5-24(6-2)21-13-12-19(15-20(21)16(3)4)22(25)14-9-17-7-10-18(11-8-17)23(26)27/h7-8,10-13,15-16,22,25H,5-6,9,14H2,1-4H3,(H,26,27). The second-order valence-electron chi connectivity index (χ2n) is 7.20. The Labute approximate surface area is 162 Å². The van der Waals surface area contributed by atoms with Crippen molar-refractivity contribution < 1.29 is 15.0 Å². The van der Waals surface area contributed by atoms with Gasteiger partial charge in [0.05, 0.1) is 11.7 Å². The van der Waals surface area contributed by atoms with Crippen LogP contribution in [0, 0.1) is 0 Å². The number of hydrogen-bond donors (Lipinski definition) is 2. The zero-order valence-electron chi connectivity index (χ0n) is 16.8. The monoisotopic (exact) mass is 369 g/mol. The van der Waals surface area contributed by atoms with Crippen molar-refractivity contribution in [3.8, 4) is 0 Å². The van der Waals surface area contributed by atoms with Crippen molar-refractivity contribution in [2.45, 2.75) is 52.6 Å². The molecule has 0 aromatic heterocycles. The summed E-state index contributed by atoms with van der Waals surface area (Å²) in [6.45, 7) is 10.6. The lowest BCUT2D eigenvalue weighted by atomic mass is 9.94. The first-order chi connectivity index (χ1) is 12.9. The molecular weight excluding hydrogens is 338 g/mol. The predicted octanol–water partition coefficient (Wildman–Crippen LogP) is 5.02. The fourth-order valence-corrected chi connectivity index (χ4v) is 3.38. The molecule has 0 aliphatic carbocycles. The van der Waals surface area contributed by atoms with Crippen LogP contribution < -0.4 is 4.90 Å². The summed E-state index contributed by atoms with van der Waals surface area (Å²) in [4.78, 5) is 13.3. The van der Waals surface area contributed by atoms with Crippen molar-refractivity contribution >= 4 is 11.7 Å². The summed E-state index contributed by atoms with van der Waals surface area (Å²) in [5.74, 6) is -0.535. The summed E-state index contributed by atoms with van der Waals surface area (Å²) >= 11 is 0. The topological polar surface area (TPSA) is 60.8 Å². The minimum absolute atomic E-state index is 0.285. The summed E-state index contributed by atoms with van der Waals surface area (Å²) in [6.07, 6.45) is 0.775. The summed E-state index contributed by atoms with van der Waals surface area (Å²) in [5, 5.41) is 19.6. The van der Waals surface area contributed by atoms with Crippen LogP contribution in [0.25, 0.3) is 0 Å². The number of carboxylic acids is 1. The van der Waals surface area contributed by atoms with E-state index in [0.717, 1.165) is 24.2 Å².